The van der Waals surface area contributed by atoms with Crippen LogP contribution in [0.1, 0.15) is 39.7 Å². The van der Waals surface area contributed by atoms with E-state index in [9.17, 15) is 22.9 Å². The normalized spacial score (nSPS) is 20.6. The van der Waals surface area contributed by atoms with Crippen molar-refractivity contribution in [3.8, 4) is 17.2 Å². The average Bonchev–Trinajstić information content (AvgIpc) is 3.76. The molecule has 2 saturated heterocycles. The van der Waals surface area contributed by atoms with Gasteiger partial charge >= 0.3 is 13.7 Å². The Morgan fingerprint density at radius 3 is 2.28 bits per heavy atom. The lowest BCUT2D eigenvalue weighted by Gasteiger charge is -2.31. The number of carbonyl (C=O) groups is 1. The van der Waals surface area contributed by atoms with E-state index in [1.807, 2.05) is 19.9 Å². The largest absolute Gasteiger partial charge is 0.497 e. The van der Waals surface area contributed by atoms with E-state index in [0.29, 0.717) is 35.8 Å². The highest BCUT2D eigenvalue weighted by Gasteiger charge is 2.44. The Kier molecular flexibility index (Phi) is 14.4. The van der Waals surface area contributed by atoms with E-state index in [1.54, 1.807) is 74.5 Å². The van der Waals surface area contributed by atoms with E-state index in [-0.39, 0.29) is 55.3 Å². The molecule has 0 aromatic heterocycles. The lowest BCUT2D eigenvalue weighted by Crippen LogP contribution is -2.51. The maximum absolute atomic E-state index is 13.9. The van der Waals surface area contributed by atoms with E-state index in [2.05, 4.69) is 5.32 Å². The van der Waals surface area contributed by atoms with Gasteiger partial charge in [0, 0.05) is 13.1 Å². The summed E-state index contributed by atoms with van der Waals surface area (Å²) in [5.74, 6) is 1.11. The molecule has 3 aromatic carbocycles. The summed E-state index contributed by atoms with van der Waals surface area (Å²) in [6.45, 7) is 7.77. The molecule has 0 aliphatic carbocycles. The van der Waals surface area contributed by atoms with E-state index < -0.39 is 48.3 Å². The molecule has 16 heteroatoms. The molecule has 0 bridgehead atoms. The van der Waals surface area contributed by atoms with Crippen molar-refractivity contribution in [1.29, 1.82) is 0 Å². The Morgan fingerprint density at radius 1 is 0.944 bits per heavy atom. The van der Waals surface area contributed by atoms with Crippen LogP contribution in [0.3, 0.4) is 0 Å². The van der Waals surface area contributed by atoms with Gasteiger partial charge in [0.05, 0.1) is 49.4 Å². The molecule has 2 aliphatic heterocycles. The van der Waals surface area contributed by atoms with Crippen molar-refractivity contribution in [3.63, 3.8) is 0 Å². The standard InChI is InChI=1S/C38H51N2O12PS/c1-26(2)22-40(54(44,45)32-17-15-29(46-5)16-18-32)23-35(41)34(39-38(42)50-36-24-48-37-33(36)19-20-47-37)21-28-11-13-30(14-12-28)49-25-53(43,51-27(3)4)52-31-9-7-6-8-10-31/h6-18,26-27,33-37,41H,19-25H2,1-5H3,(H,39,42)/t33-,34-,35+,36-,37+,53?/m0/s1. The lowest BCUT2D eigenvalue weighted by atomic mass is 10.0. The fourth-order valence-electron chi connectivity index (χ4n) is 6.24. The Hall–Kier alpha value is -3.69. The van der Waals surface area contributed by atoms with Gasteiger partial charge in [0.25, 0.3) is 0 Å². The molecule has 2 N–H and O–H groups in total. The summed E-state index contributed by atoms with van der Waals surface area (Å²) < 4.78 is 81.8. The number of rotatable bonds is 19. The fraction of sp³-hybridized carbons (Fsp3) is 0.500. The van der Waals surface area contributed by atoms with Crippen LogP contribution < -0.4 is 19.3 Å². The SMILES string of the molecule is COc1ccc(S(=O)(=O)N(CC(C)C)C[C@@H](O)[C@H](Cc2ccc(OCP(=O)(Oc3ccccc3)OC(C)C)cc2)NC(=O)O[C@H]2CO[C@H]3OCC[C@H]32)cc1. The molecule has 0 saturated carbocycles. The van der Waals surface area contributed by atoms with Crippen LogP contribution in [0.5, 0.6) is 17.2 Å². The maximum Gasteiger partial charge on any atom is 0.416 e. The first-order valence-electron chi connectivity index (χ1n) is 18.0. The molecule has 14 nitrogen and oxygen atoms in total. The third kappa shape index (κ3) is 11.4. The maximum atomic E-state index is 13.9. The van der Waals surface area contributed by atoms with E-state index >= 15 is 0 Å². The van der Waals surface area contributed by atoms with Gasteiger partial charge in [0.2, 0.25) is 16.4 Å². The Labute approximate surface area is 317 Å². The lowest BCUT2D eigenvalue weighted by molar-refractivity contribution is -0.0907. The highest BCUT2D eigenvalue weighted by molar-refractivity contribution is 7.89. The predicted molar refractivity (Wildman–Crippen MR) is 200 cm³/mol. The summed E-state index contributed by atoms with van der Waals surface area (Å²) >= 11 is 0. The zero-order chi connectivity index (χ0) is 38.9. The molecule has 2 heterocycles. The van der Waals surface area contributed by atoms with Crippen LogP contribution in [-0.4, -0.2) is 94.3 Å². The van der Waals surface area contributed by atoms with Crippen LogP contribution in [0.4, 0.5) is 4.79 Å². The Bertz CT molecular complexity index is 1790. The van der Waals surface area contributed by atoms with Crippen molar-refractivity contribution < 1.29 is 55.6 Å². The summed E-state index contributed by atoms with van der Waals surface area (Å²) in [5, 5.41) is 14.5. The van der Waals surface area contributed by atoms with Crippen LogP contribution in [-0.2, 0) is 39.7 Å². The number of fused-ring (bicyclic) bond motifs is 1. The van der Waals surface area contributed by atoms with Crippen LogP contribution in [0.25, 0.3) is 0 Å². The minimum Gasteiger partial charge on any atom is -0.497 e. The van der Waals surface area contributed by atoms with E-state index in [1.165, 1.54) is 23.5 Å². The molecule has 6 atom stereocenters. The summed E-state index contributed by atoms with van der Waals surface area (Å²) in [4.78, 5) is 13.4. The molecule has 1 unspecified atom stereocenters. The van der Waals surface area contributed by atoms with Crippen LogP contribution >= 0.6 is 7.60 Å². The highest BCUT2D eigenvalue weighted by Crippen LogP contribution is 2.49. The molecule has 1 amide bonds. The fourth-order valence-corrected chi connectivity index (χ4v) is 9.41. The number of nitrogens with zero attached hydrogens (tertiary/aromatic N) is 1. The number of benzene rings is 3. The topological polar surface area (TPSA) is 168 Å². The van der Waals surface area contributed by atoms with Gasteiger partial charge in [-0.2, -0.15) is 4.31 Å². The first-order chi connectivity index (χ1) is 25.7. The number of alkyl carbamates (subject to hydrolysis) is 1. The Balaban J connectivity index is 1.31. The number of para-hydroxylation sites is 1. The number of hydrogen-bond donors (Lipinski definition) is 2. The monoisotopic (exact) mass is 790 g/mol. The van der Waals surface area contributed by atoms with Gasteiger partial charge in [-0.15, -0.1) is 0 Å². The van der Waals surface area contributed by atoms with Crippen LogP contribution in [0.15, 0.2) is 83.8 Å². The molecule has 0 spiro atoms. The van der Waals surface area contributed by atoms with E-state index in [4.69, 9.17) is 32.7 Å². The smallest absolute Gasteiger partial charge is 0.416 e. The minimum atomic E-state index is -4.05. The second kappa shape index (κ2) is 18.8. The van der Waals surface area contributed by atoms with Crippen LogP contribution in [0.2, 0.25) is 0 Å². The zero-order valence-corrected chi connectivity index (χ0v) is 32.9. The molecule has 5 rings (SSSR count). The van der Waals surface area contributed by atoms with Crippen molar-refractivity contribution in [2.24, 2.45) is 11.8 Å². The number of aliphatic hydroxyl groups excluding tert-OH is 1. The molecular weight excluding hydrogens is 739 g/mol. The molecule has 296 valence electrons. The van der Waals surface area contributed by atoms with Crippen molar-refractivity contribution in [1.82, 2.24) is 9.62 Å². The summed E-state index contributed by atoms with van der Waals surface area (Å²) in [6, 6.07) is 20.5. The summed E-state index contributed by atoms with van der Waals surface area (Å²) in [7, 11) is -6.26. The molecule has 0 radical (unpaired) electrons. The second-order valence-corrected chi connectivity index (χ2v) is 17.8. The minimum absolute atomic E-state index is 0.0442. The van der Waals surface area contributed by atoms with Crippen molar-refractivity contribution >= 4 is 23.7 Å². The van der Waals surface area contributed by atoms with Crippen LogP contribution in [0, 0.1) is 11.8 Å². The third-order valence-electron chi connectivity index (χ3n) is 8.80. The van der Waals surface area contributed by atoms with Gasteiger partial charge in [-0.3, -0.25) is 4.52 Å². The van der Waals surface area contributed by atoms with Crippen molar-refractivity contribution in [2.75, 3.05) is 39.8 Å². The molecular formula is C38H51N2O12PS. The number of hydrogen-bond acceptors (Lipinski definition) is 12. The number of amides is 1. The zero-order valence-electron chi connectivity index (χ0n) is 31.2. The number of ether oxygens (including phenoxy) is 5. The van der Waals surface area contributed by atoms with E-state index in [0.717, 1.165) is 0 Å². The predicted octanol–water partition coefficient (Wildman–Crippen LogP) is 5.84. The summed E-state index contributed by atoms with van der Waals surface area (Å²) in [6.07, 6.45) is -3.00. The number of methoxy groups -OCH3 is 1. The number of nitrogens with one attached hydrogen (secondary N) is 1. The quantitative estimate of drug-likeness (QED) is 0.140. The first kappa shape index (κ1) is 41.5. The van der Waals surface area contributed by atoms with Gasteiger partial charge in [-0.25, -0.2) is 17.8 Å². The van der Waals surface area contributed by atoms with Gasteiger partial charge in [0.15, 0.2) is 6.29 Å². The molecule has 54 heavy (non-hydrogen) atoms. The van der Waals surface area contributed by atoms with Crippen molar-refractivity contribution in [3.05, 3.63) is 84.4 Å². The summed E-state index contributed by atoms with van der Waals surface area (Å²) in [5.41, 5.74) is 0.690. The first-order valence-corrected chi connectivity index (χ1v) is 21.2. The average molecular weight is 791 g/mol. The molecule has 2 fully saturated rings. The van der Waals surface area contributed by atoms with Crippen molar-refractivity contribution in [2.45, 2.75) is 76.1 Å². The molecule has 3 aromatic rings. The Morgan fingerprint density at radius 2 is 1.63 bits per heavy atom. The number of sulfonamides is 1. The van der Waals surface area contributed by atoms with Gasteiger partial charge in [0.1, 0.15) is 23.4 Å². The highest BCUT2D eigenvalue weighted by atomic mass is 32.2. The van der Waals surface area contributed by atoms with Gasteiger partial charge in [-0.05, 0) is 86.7 Å². The van der Waals surface area contributed by atoms with Gasteiger partial charge < -0.3 is 38.6 Å². The van der Waals surface area contributed by atoms with Gasteiger partial charge in [-0.1, -0.05) is 44.2 Å². The third-order valence-corrected chi connectivity index (χ3v) is 12.3. The number of carbonyl (C=O) groups excluding carboxylic acids is 1. The second-order valence-electron chi connectivity index (χ2n) is 14.0. The number of aliphatic hydroxyl groups is 1. The molecule has 2 aliphatic rings.